The van der Waals surface area contributed by atoms with Gasteiger partial charge in [0, 0.05) is 50.9 Å². The van der Waals surface area contributed by atoms with Gasteiger partial charge in [-0.15, -0.1) is 0 Å². The Bertz CT molecular complexity index is 1170. The Balaban J connectivity index is 1.38. The van der Waals surface area contributed by atoms with E-state index in [0.29, 0.717) is 44.4 Å². The van der Waals surface area contributed by atoms with E-state index < -0.39 is 11.9 Å². The van der Waals surface area contributed by atoms with E-state index in [1.807, 2.05) is 51.1 Å². The maximum atomic E-state index is 13.5. The lowest BCUT2D eigenvalue weighted by Crippen LogP contribution is -2.55. The second-order valence-corrected chi connectivity index (χ2v) is 10.6. The number of fused-ring (bicyclic) bond motifs is 1. The molecule has 2 amide bonds. The van der Waals surface area contributed by atoms with Crippen LogP contribution in [0.25, 0.3) is 11.4 Å². The van der Waals surface area contributed by atoms with Gasteiger partial charge in [-0.25, -0.2) is 9.97 Å². The molecule has 1 saturated carbocycles. The van der Waals surface area contributed by atoms with Gasteiger partial charge >= 0.3 is 5.97 Å². The summed E-state index contributed by atoms with van der Waals surface area (Å²) in [6, 6.07) is 10.6. The zero-order valence-corrected chi connectivity index (χ0v) is 22.2. The number of anilines is 1. The third-order valence-corrected chi connectivity index (χ3v) is 7.70. The van der Waals surface area contributed by atoms with Crippen molar-refractivity contribution in [1.29, 1.82) is 0 Å². The summed E-state index contributed by atoms with van der Waals surface area (Å²) in [4.78, 5) is 52.3. The predicted molar refractivity (Wildman–Crippen MR) is 142 cm³/mol. The first-order valence-corrected chi connectivity index (χ1v) is 13.5. The van der Waals surface area contributed by atoms with E-state index >= 15 is 0 Å². The van der Waals surface area contributed by atoms with Crippen LogP contribution in [-0.4, -0.2) is 84.6 Å². The SMILES string of the molecule is CCOC(=O)C1[C@H]2CN(c3cc(C(=O)N[C@H](C(=O)N4CCNCC4)C(C)C)nc(-c4ccccc4)n3)C[C@@H]12. The summed E-state index contributed by atoms with van der Waals surface area (Å²) in [6.45, 7) is 10.2. The minimum Gasteiger partial charge on any atom is -0.466 e. The highest BCUT2D eigenvalue weighted by Crippen LogP contribution is 2.53. The first kappa shape index (κ1) is 26.1. The number of hydrogen-bond donors (Lipinski definition) is 2. The zero-order chi connectivity index (χ0) is 26.8. The maximum Gasteiger partial charge on any atom is 0.309 e. The lowest BCUT2D eigenvalue weighted by Gasteiger charge is -2.32. The van der Waals surface area contributed by atoms with E-state index in [-0.39, 0.29) is 41.2 Å². The fourth-order valence-corrected chi connectivity index (χ4v) is 5.54. The van der Waals surface area contributed by atoms with Gasteiger partial charge < -0.3 is 25.2 Å². The molecule has 1 unspecified atom stereocenters. The number of piperazine rings is 1. The Morgan fingerprint density at radius 2 is 1.76 bits per heavy atom. The monoisotopic (exact) mass is 520 g/mol. The fourth-order valence-electron chi connectivity index (χ4n) is 5.54. The molecular weight excluding hydrogens is 484 g/mol. The number of amides is 2. The first-order valence-electron chi connectivity index (χ1n) is 13.5. The molecule has 2 aromatic rings. The van der Waals surface area contributed by atoms with Crippen molar-refractivity contribution >= 4 is 23.6 Å². The number of aromatic nitrogens is 2. The van der Waals surface area contributed by atoms with Crippen molar-refractivity contribution in [2.45, 2.75) is 26.8 Å². The highest BCUT2D eigenvalue weighted by Gasteiger charge is 2.60. The Morgan fingerprint density at radius 3 is 2.39 bits per heavy atom. The summed E-state index contributed by atoms with van der Waals surface area (Å²) in [5.41, 5.74) is 1.02. The van der Waals surface area contributed by atoms with Crippen LogP contribution >= 0.6 is 0 Å². The van der Waals surface area contributed by atoms with Crippen molar-refractivity contribution in [2.75, 3.05) is 50.8 Å². The van der Waals surface area contributed by atoms with Gasteiger partial charge in [-0.2, -0.15) is 0 Å². The van der Waals surface area contributed by atoms with Crippen LogP contribution in [0.1, 0.15) is 31.3 Å². The molecular formula is C28H36N6O4. The fraction of sp³-hybridized carbons (Fsp3) is 0.536. The third-order valence-electron chi connectivity index (χ3n) is 7.70. The zero-order valence-electron chi connectivity index (χ0n) is 22.2. The van der Waals surface area contributed by atoms with Crippen LogP contribution in [0.4, 0.5) is 5.82 Å². The van der Waals surface area contributed by atoms with E-state index in [1.165, 1.54) is 0 Å². The minimum atomic E-state index is -0.649. The highest BCUT2D eigenvalue weighted by molar-refractivity contribution is 5.97. The number of hydrogen-bond acceptors (Lipinski definition) is 8. The number of esters is 1. The topological polar surface area (TPSA) is 117 Å². The van der Waals surface area contributed by atoms with Crippen molar-refractivity contribution in [3.63, 3.8) is 0 Å². The second-order valence-electron chi connectivity index (χ2n) is 10.6. The van der Waals surface area contributed by atoms with Crippen molar-refractivity contribution in [2.24, 2.45) is 23.7 Å². The van der Waals surface area contributed by atoms with E-state index in [1.54, 1.807) is 11.0 Å². The number of carbonyl (C=O) groups is 3. The summed E-state index contributed by atoms with van der Waals surface area (Å²) >= 11 is 0. The van der Waals surface area contributed by atoms with E-state index in [2.05, 4.69) is 20.5 Å². The summed E-state index contributed by atoms with van der Waals surface area (Å²) < 4.78 is 5.22. The van der Waals surface area contributed by atoms with Crippen molar-refractivity contribution in [3.05, 3.63) is 42.1 Å². The van der Waals surface area contributed by atoms with Crippen molar-refractivity contribution in [3.8, 4) is 11.4 Å². The number of piperidine rings is 1. The molecule has 202 valence electrons. The van der Waals surface area contributed by atoms with E-state index in [4.69, 9.17) is 9.72 Å². The number of ether oxygens (including phenoxy) is 1. The summed E-state index contributed by atoms with van der Waals surface area (Å²) in [6.07, 6.45) is 0. The number of benzene rings is 1. The van der Waals surface area contributed by atoms with Gasteiger partial charge in [0.1, 0.15) is 17.6 Å². The molecule has 3 aliphatic rings. The Labute approximate surface area is 223 Å². The molecule has 2 aliphatic heterocycles. The molecule has 5 rings (SSSR count). The molecule has 3 heterocycles. The maximum absolute atomic E-state index is 13.5. The molecule has 3 fully saturated rings. The number of nitrogens with one attached hydrogen (secondary N) is 2. The quantitative estimate of drug-likeness (QED) is 0.504. The number of carbonyl (C=O) groups excluding carboxylic acids is 3. The second kappa shape index (κ2) is 11.1. The Hall–Kier alpha value is -3.53. The van der Waals surface area contributed by atoms with E-state index in [0.717, 1.165) is 18.7 Å². The molecule has 1 aliphatic carbocycles. The normalized spacial score (nSPS) is 23.1. The predicted octanol–water partition coefficient (Wildman–Crippen LogP) is 1.58. The molecule has 0 spiro atoms. The van der Waals surface area contributed by atoms with Gasteiger partial charge in [-0.3, -0.25) is 14.4 Å². The van der Waals surface area contributed by atoms with Crippen LogP contribution in [0.3, 0.4) is 0 Å². The van der Waals surface area contributed by atoms with Crippen LogP contribution in [0, 0.1) is 23.7 Å². The van der Waals surface area contributed by atoms with Gasteiger partial charge in [0.15, 0.2) is 5.82 Å². The molecule has 10 heteroatoms. The van der Waals surface area contributed by atoms with Crippen LogP contribution < -0.4 is 15.5 Å². The Morgan fingerprint density at radius 1 is 1.08 bits per heavy atom. The molecule has 4 atom stereocenters. The van der Waals surface area contributed by atoms with E-state index in [9.17, 15) is 14.4 Å². The van der Waals surface area contributed by atoms with Gasteiger partial charge in [0.25, 0.3) is 5.91 Å². The van der Waals surface area contributed by atoms with Gasteiger partial charge in [0.2, 0.25) is 5.91 Å². The average Bonchev–Trinajstić information content (AvgIpc) is 3.45. The smallest absolute Gasteiger partial charge is 0.309 e. The molecule has 1 aromatic carbocycles. The molecule has 10 nitrogen and oxygen atoms in total. The third kappa shape index (κ3) is 5.36. The lowest BCUT2D eigenvalue weighted by molar-refractivity contribution is -0.145. The summed E-state index contributed by atoms with van der Waals surface area (Å²) in [5, 5.41) is 6.21. The Kier molecular flexibility index (Phi) is 7.60. The first-order chi connectivity index (χ1) is 18.4. The van der Waals surface area contributed by atoms with Crippen LogP contribution in [0.5, 0.6) is 0 Å². The highest BCUT2D eigenvalue weighted by atomic mass is 16.5. The number of rotatable bonds is 8. The van der Waals surface area contributed by atoms with Crippen LogP contribution in [-0.2, 0) is 14.3 Å². The van der Waals surface area contributed by atoms with Crippen LogP contribution in [0.15, 0.2) is 36.4 Å². The molecule has 38 heavy (non-hydrogen) atoms. The average molecular weight is 521 g/mol. The van der Waals surface area contributed by atoms with Gasteiger partial charge in [-0.1, -0.05) is 44.2 Å². The van der Waals surface area contributed by atoms with Crippen LogP contribution in [0.2, 0.25) is 0 Å². The summed E-state index contributed by atoms with van der Waals surface area (Å²) in [7, 11) is 0. The standard InChI is InChI=1S/C28H36N6O4/c1-4-38-28(37)23-19-15-34(16-20(19)23)22-14-21(30-25(31-22)18-8-6-5-7-9-18)26(35)32-24(17(2)3)27(36)33-12-10-29-11-13-33/h5-9,14,17,19-20,23-24,29H,4,10-13,15-16H2,1-3H3,(H,32,35)/t19-,20+,23?,24-/m0/s1. The lowest BCUT2D eigenvalue weighted by atomic mass is 10.0. The molecule has 2 N–H and O–H groups in total. The van der Waals surface area contributed by atoms with Gasteiger partial charge in [-0.05, 0) is 24.7 Å². The largest absolute Gasteiger partial charge is 0.466 e. The molecule has 0 radical (unpaired) electrons. The summed E-state index contributed by atoms with van der Waals surface area (Å²) in [5.74, 6) is 0.849. The molecule has 1 aromatic heterocycles. The number of nitrogens with zero attached hydrogens (tertiary/aromatic N) is 4. The van der Waals surface area contributed by atoms with Crippen molar-refractivity contribution < 1.29 is 19.1 Å². The molecule has 2 saturated heterocycles. The van der Waals surface area contributed by atoms with Gasteiger partial charge in [0.05, 0.1) is 12.5 Å². The van der Waals surface area contributed by atoms with Crippen molar-refractivity contribution in [1.82, 2.24) is 25.5 Å². The molecule has 0 bridgehead atoms. The minimum absolute atomic E-state index is 0.0489.